The molecule has 1 aromatic carbocycles. The quantitative estimate of drug-likeness (QED) is 0.407. The molecule has 0 saturated heterocycles. The Morgan fingerprint density at radius 2 is 1.90 bits per heavy atom. The molecule has 0 fully saturated rings. The average molecular weight is 442 g/mol. The van der Waals surface area contributed by atoms with E-state index in [1.165, 1.54) is 35.0 Å². The van der Waals surface area contributed by atoms with Crippen LogP contribution in [0.1, 0.15) is 37.1 Å². The molecule has 6 nitrogen and oxygen atoms in total. The minimum absolute atomic E-state index is 0.0802. The molecule has 3 aromatic rings. The first-order valence-corrected chi connectivity index (χ1v) is 12.2. The predicted octanol–water partition coefficient (Wildman–Crippen LogP) is 4.73. The number of aromatic nitrogens is 2. The molecule has 0 saturated carbocycles. The van der Waals surface area contributed by atoms with Crippen LogP contribution in [0, 0.1) is 0 Å². The van der Waals surface area contributed by atoms with Gasteiger partial charge in [0.2, 0.25) is 5.91 Å². The number of fused-ring (bicyclic) bond motifs is 3. The van der Waals surface area contributed by atoms with Crippen LogP contribution in [0.4, 0.5) is 17.2 Å². The van der Waals surface area contributed by atoms with Gasteiger partial charge in [-0.15, -0.1) is 11.3 Å². The van der Waals surface area contributed by atoms with Gasteiger partial charge in [0, 0.05) is 29.3 Å². The van der Waals surface area contributed by atoms with E-state index in [9.17, 15) is 4.79 Å². The monoisotopic (exact) mass is 441 g/mol. The highest BCUT2D eigenvalue weighted by Crippen LogP contribution is 2.38. The Hall–Kier alpha value is -2.32. The van der Waals surface area contributed by atoms with Crippen molar-refractivity contribution < 1.29 is 4.79 Å². The number of nitrogens with zero attached hydrogens (tertiary/aromatic N) is 3. The highest BCUT2D eigenvalue weighted by atomic mass is 32.2. The van der Waals surface area contributed by atoms with E-state index < -0.39 is 0 Å². The highest BCUT2D eigenvalue weighted by Gasteiger charge is 2.20. The molecule has 0 radical (unpaired) electrons. The van der Waals surface area contributed by atoms with E-state index in [1.807, 2.05) is 24.3 Å². The number of hydrogen-bond acceptors (Lipinski definition) is 7. The Bertz CT molecular complexity index is 1040. The number of carbonyl (C=O) groups is 1. The molecule has 2 aromatic heterocycles. The lowest BCUT2D eigenvalue weighted by molar-refractivity contribution is -0.113. The van der Waals surface area contributed by atoms with Crippen LogP contribution in [0.2, 0.25) is 0 Å². The molecule has 158 valence electrons. The van der Waals surface area contributed by atoms with Crippen LogP contribution < -0.4 is 16.0 Å². The molecule has 0 bridgehead atoms. The molecular formula is C22H27N5OS2. The Morgan fingerprint density at radius 3 is 2.63 bits per heavy atom. The highest BCUT2D eigenvalue weighted by molar-refractivity contribution is 7.99. The van der Waals surface area contributed by atoms with Gasteiger partial charge < -0.3 is 16.0 Å². The van der Waals surface area contributed by atoms with Gasteiger partial charge >= 0.3 is 0 Å². The average Bonchev–Trinajstić information content (AvgIpc) is 3.13. The summed E-state index contributed by atoms with van der Waals surface area (Å²) in [5.74, 6) is 0.700. The third-order valence-electron chi connectivity index (χ3n) is 5.43. The van der Waals surface area contributed by atoms with Gasteiger partial charge in [-0.05, 0) is 69.4 Å². The summed E-state index contributed by atoms with van der Waals surface area (Å²) in [5, 5.41) is 4.53. The molecule has 0 aliphatic heterocycles. The van der Waals surface area contributed by atoms with Crippen LogP contribution in [-0.4, -0.2) is 34.7 Å². The SMILES string of the molecule is CCN(CC)c1ccc(NC(=O)CSc2nc(N)c3c4c(sc3n2)CCCC4)cc1. The van der Waals surface area contributed by atoms with Gasteiger partial charge in [-0.2, -0.15) is 0 Å². The second kappa shape index (κ2) is 9.22. The number of nitrogen functional groups attached to an aromatic ring is 1. The van der Waals surface area contributed by atoms with Gasteiger partial charge in [0.1, 0.15) is 10.6 Å². The van der Waals surface area contributed by atoms with E-state index in [0.29, 0.717) is 11.0 Å². The number of nitrogens with one attached hydrogen (secondary N) is 1. The second-order valence-corrected chi connectivity index (χ2v) is 9.36. The number of hydrogen-bond donors (Lipinski definition) is 2. The molecule has 2 heterocycles. The van der Waals surface area contributed by atoms with Crippen molar-refractivity contribution in [1.29, 1.82) is 0 Å². The first-order valence-electron chi connectivity index (χ1n) is 10.4. The van der Waals surface area contributed by atoms with E-state index in [1.54, 1.807) is 11.3 Å². The molecule has 1 amide bonds. The number of amides is 1. The molecule has 30 heavy (non-hydrogen) atoms. The smallest absolute Gasteiger partial charge is 0.234 e. The van der Waals surface area contributed by atoms with Gasteiger partial charge in [-0.1, -0.05) is 11.8 Å². The van der Waals surface area contributed by atoms with Crippen LogP contribution in [0.25, 0.3) is 10.2 Å². The lowest BCUT2D eigenvalue weighted by atomic mass is 9.97. The predicted molar refractivity (Wildman–Crippen MR) is 128 cm³/mol. The van der Waals surface area contributed by atoms with Crippen LogP contribution >= 0.6 is 23.1 Å². The van der Waals surface area contributed by atoms with Crippen molar-refractivity contribution >= 4 is 56.4 Å². The summed E-state index contributed by atoms with van der Waals surface area (Å²) in [4.78, 5) is 26.1. The van der Waals surface area contributed by atoms with Crippen LogP contribution in [0.5, 0.6) is 0 Å². The number of thiophene rings is 1. The Balaban J connectivity index is 1.39. The molecule has 4 rings (SSSR count). The zero-order chi connectivity index (χ0) is 21.1. The maximum absolute atomic E-state index is 12.4. The molecule has 8 heteroatoms. The van der Waals surface area contributed by atoms with Crippen LogP contribution in [-0.2, 0) is 17.6 Å². The Labute approximate surface area is 185 Å². The van der Waals surface area contributed by atoms with E-state index in [0.717, 1.165) is 47.5 Å². The largest absolute Gasteiger partial charge is 0.383 e. The topological polar surface area (TPSA) is 84.1 Å². The minimum Gasteiger partial charge on any atom is -0.383 e. The van der Waals surface area contributed by atoms with Crippen molar-refractivity contribution in [2.45, 2.75) is 44.7 Å². The second-order valence-electron chi connectivity index (χ2n) is 7.34. The zero-order valence-electron chi connectivity index (χ0n) is 17.4. The van der Waals surface area contributed by atoms with Gasteiger partial charge in [0.15, 0.2) is 5.16 Å². The van der Waals surface area contributed by atoms with Gasteiger partial charge in [0.25, 0.3) is 0 Å². The summed E-state index contributed by atoms with van der Waals surface area (Å²) in [5.41, 5.74) is 9.53. The number of aryl methyl sites for hydroxylation is 2. The zero-order valence-corrected chi connectivity index (χ0v) is 19.0. The molecule has 3 N–H and O–H groups in total. The third-order valence-corrected chi connectivity index (χ3v) is 7.47. The van der Waals surface area contributed by atoms with Crippen molar-refractivity contribution in [3.8, 4) is 0 Å². The summed E-state index contributed by atoms with van der Waals surface area (Å²) in [6.07, 6.45) is 4.59. The number of carbonyl (C=O) groups excluding carboxylic acids is 1. The minimum atomic E-state index is -0.0802. The van der Waals surface area contributed by atoms with Gasteiger partial charge in [-0.25, -0.2) is 9.97 Å². The lowest BCUT2D eigenvalue weighted by Crippen LogP contribution is -2.21. The maximum atomic E-state index is 12.4. The normalized spacial score (nSPS) is 13.3. The summed E-state index contributed by atoms with van der Waals surface area (Å²) in [6, 6.07) is 7.94. The molecule has 0 unspecified atom stereocenters. The molecular weight excluding hydrogens is 414 g/mol. The number of rotatable bonds is 7. The van der Waals surface area contributed by atoms with E-state index in [-0.39, 0.29) is 11.7 Å². The lowest BCUT2D eigenvalue weighted by Gasteiger charge is -2.21. The molecule has 1 aliphatic carbocycles. The van der Waals surface area contributed by atoms with E-state index in [2.05, 4.69) is 34.0 Å². The fraction of sp³-hybridized carbons (Fsp3) is 0.409. The summed E-state index contributed by atoms with van der Waals surface area (Å²) in [7, 11) is 0. The first-order chi connectivity index (χ1) is 14.6. The Morgan fingerprint density at radius 1 is 1.17 bits per heavy atom. The maximum Gasteiger partial charge on any atom is 0.234 e. The van der Waals surface area contributed by atoms with Gasteiger partial charge in [-0.3, -0.25) is 4.79 Å². The standard InChI is InChI=1S/C22H27N5OS2/c1-3-27(4-2)15-11-9-14(10-12-15)24-18(28)13-29-22-25-20(23)19-16-7-5-6-8-17(16)30-21(19)26-22/h9-12H,3-8,13H2,1-2H3,(H,24,28)(H2,23,25,26). The molecule has 0 atom stereocenters. The van der Waals surface area contributed by atoms with Crippen molar-refractivity contribution in [3.05, 3.63) is 34.7 Å². The number of thioether (sulfide) groups is 1. The van der Waals surface area contributed by atoms with E-state index >= 15 is 0 Å². The molecule has 0 spiro atoms. The van der Waals surface area contributed by atoms with E-state index in [4.69, 9.17) is 5.73 Å². The third kappa shape index (κ3) is 4.39. The number of anilines is 3. The number of benzene rings is 1. The van der Waals surface area contributed by atoms with Crippen molar-refractivity contribution in [2.75, 3.05) is 34.8 Å². The van der Waals surface area contributed by atoms with Crippen molar-refractivity contribution in [2.24, 2.45) is 0 Å². The van der Waals surface area contributed by atoms with Crippen LogP contribution in [0.15, 0.2) is 29.4 Å². The summed E-state index contributed by atoms with van der Waals surface area (Å²) >= 11 is 3.05. The van der Waals surface area contributed by atoms with Gasteiger partial charge in [0.05, 0.1) is 11.1 Å². The number of nitrogens with two attached hydrogens (primary N) is 1. The molecule has 1 aliphatic rings. The summed E-state index contributed by atoms with van der Waals surface area (Å²) in [6.45, 7) is 6.18. The van der Waals surface area contributed by atoms with Crippen LogP contribution in [0.3, 0.4) is 0 Å². The van der Waals surface area contributed by atoms with Crippen molar-refractivity contribution in [1.82, 2.24) is 9.97 Å². The fourth-order valence-electron chi connectivity index (χ4n) is 3.90. The van der Waals surface area contributed by atoms with Crippen molar-refractivity contribution in [3.63, 3.8) is 0 Å². The Kier molecular flexibility index (Phi) is 6.43. The fourth-order valence-corrected chi connectivity index (χ4v) is 5.88. The summed E-state index contributed by atoms with van der Waals surface area (Å²) < 4.78 is 0. The first kappa shape index (κ1) is 20.9.